The lowest BCUT2D eigenvalue weighted by Gasteiger charge is -2.25. The molecule has 5 nitrogen and oxygen atoms in total. The molecule has 2 N–H and O–H groups in total. The Kier molecular flexibility index (Phi) is 3.78. The van der Waals surface area contributed by atoms with Crippen LogP contribution in [0.5, 0.6) is 0 Å². The number of nitrogens with two attached hydrogens (primary N) is 1. The third-order valence-electron chi connectivity index (χ3n) is 2.63. The molecule has 2 atom stereocenters. The summed E-state index contributed by atoms with van der Waals surface area (Å²) in [5, 5.41) is 0. The molecular formula is C11H20N2O3. The topological polar surface area (TPSA) is 72.6 Å². The summed E-state index contributed by atoms with van der Waals surface area (Å²) in [5.41, 5.74) is 3.81. The van der Waals surface area contributed by atoms with Gasteiger partial charge in [-0.05, 0) is 39.0 Å². The Morgan fingerprint density at radius 3 is 2.19 bits per heavy atom. The van der Waals surface area contributed by atoms with Crippen LogP contribution in [0.4, 0.5) is 4.79 Å². The van der Waals surface area contributed by atoms with E-state index in [4.69, 9.17) is 9.53 Å². The van der Waals surface area contributed by atoms with Crippen molar-refractivity contribution >= 4 is 12.5 Å². The summed E-state index contributed by atoms with van der Waals surface area (Å²) in [7, 11) is 0. The highest BCUT2D eigenvalue weighted by Gasteiger charge is 2.47. The second kappa shape index (κ2) is 4.72. The van der Waals surface area contributed by atoms with Crippen molar-refractivity contribution in [3.05, 3.63) is 0 Å². The zero-order valence-electron chi connectivity index (χ0n) is 10.1. The van der Waals surface area contributed by atoms with Gasteiger partial charge in [0.25, 0.3) is 0 Å². The van der Waals surface area contributed by atoms with Crippen LogP contribution in [0.3, 0.4) is 0 Å². The van der Waals surface area contributed by atoms with E-state index in [0.717, 1.165) is 24.9 Å². The fourth-order valence-electron chi connectivity index (χ4n) is 1.87. The molecular weight excluding hydrogens is 208 g/mol. The Labute approximate surface area is 95.9 Å². The van der Waals surface area contributed by atoms with Crippen LogP contribution in [0.1, 0.15) is 27.2 Å². The second-order valence-electron chi connectivity index (χ2n) is 5.28. The molecule has 0 bridgehead atoms. The maximum absolute atomic E-state index is 11.5. The number of hydrogen-bond acceptors (Lipinski definition) is 3. The van der Waals surface area contributed by atoms with Crippen LogP contribution >= 0.6 is 0 Å². The van der Waals surface area contributed by atoms with Crippen LogP contribution in [0, 0.1) is 11.8 Å². The third-order valence-corrected chi connectivity index (χ3v) is 2.63. The summed E-state index contributed by atoms with van der Waals surface area (Å²) in [4.78, 5) is 22.0. The maximum Gasteiger partial charge on any atom is 0.410 e. The van der Waals surface area contributed by atoms with Crippen molar-refractivity contribution in [2.45, 2.75) is 32.8 Å². The van der Waals surface area contributed by atoms with Crippen molar-refractivity contribution in [2.24, 2.45) is 17.6 Å². The fraction of sp³-hybridized carbons (Fsp3) is 0.818. The number of piperidine rings is 1. The van der Waals surface area contributed by atoms with Gasteiger partial charge in [0, 0.05) is 13.1 Å². The molecule has 5 heteroatoms. The zero-order chi connectivity index (χ0) is 12.3. The van der Waals surface area contributed by atoms with E-state index < -0.39 is 0 Å². The highest BCUT2D eigenvalue weighted by Crippen LogP contribution is 2.45. The first-order chi connectivity index (χ1) is 7.37. The summed E-state index contributed by atoms with van der Waals surface area (Å²) >= 11 is 0. The molecule has 0 aromatic rings. The average molecular weight is 228 g/mol. The molecule has 1 saturated heterocycles. The van der Waals surface area contributed by atoms with Crippen LogP contribution in [0.25, 0.3) is 0 Å². The van der Waals surface area contributed by atoms with E-state index in [1.807, 2.05) is 25.7 Å². The first kappa shape index (κ1) is 12.8. The highest BCUT2D eigenvalue weighted by atomic mass is 16.6. The molecule has 2 rings (SSSR count). The van der Waals surface area contributed by atoms with Gasteiger partial charge in [-0.15, -0.1) is 0 Å². The molecule has 1 aliphatic heterocycles. The number of fused-ring (bicyclic) bond motifs is 1. The SMILES string of the molecule is CC(C)(C)OC(=O)N1CC2CC2C1.NC=O. The molecule has 2 amide bonds. The number of rotatable bonds is 0. The predicted molar refractivity (Wildman–Crippen MR) is 59.7 cm³/mol. The molecule has 2 unspecified atom stereocenters. The number of ether oxygens (including phenoxy) is 1. The Morgan fingerprint density at radius 1 is 1.38 bits per heavy atom. The molecule has 0 radical (unpaired) electrons. The van der Waals surface area contributed by atoms with Crippen LogP contribution in [-0.2, 0) is 9.53 Å². The molecule has 1 saturated carbocycles. The minimum Gasteiger partial charge on any atom is -0.444 e. The van der Waals surface area contributed by atoms with Gasteiger partial charge in [-0.3, -0.25) is 4.79 Å². The summed E-state index contributed by atoms with van der Waals surface area (Å²) < 4.78 is 5.28. The smallest absolute Gasteiger partial charge is 0.410 e. The molecule has 1 aliphatic carbocycles. The van der Waals surface area contributed by atoms with E-state index in [2.05, 4.69) is 5.73 Å². The maximum atomic E-state index is 11.5. The van der Waals surface area contributed by atoms with E-state index in [-0.39, 0.29) is 18.1 Å². The van der Waals surface area contributed by atoms with Crippen LogP contribution in [0.2, 0.25) is 0 Å². The molecule has 0 aromatic carbocycles. The summed E-state index contributed by atoms with van der Waals surface area (Å²) in [6.07, 6.45) is 1.43. The van der Waals surface area contributed by atoms with Gasteiger partial charge in [0.1, 0.15) is 5.60 Å². The Balaban J connectivity index is 0.000000386. The molecule has 0 aromatic heterocycles. The monoisotopic (exact) mass is 228 g/mol. The van der Waals surface area contributed by atoms with Gasteiger partial charge in [-0.25, -0.2) is 4.79 Å². The number of likely N-dealkylation sites (tertiary alicyclic amines) is 1. The number of hydrogen-bond donors (Lipinski definition) is 1. The van der Waals surface area contributed by atoms with E-state index in [9.17, 15) is 4.79 Å². The van der Waals surface area contributed by atoms with E-state index in [1.165, 1.54) is 6.42 Å². The first-order valence-corrected chi connectivity index (χ1v) is 5.50. The Morgan fingerprint density at radius 2 is 1.81 bits per heavy atom. The van der Waals surface area contributed by atoms with Crippen molar-refractivity contribution in [1.82, 2.24) is 4.90 Å². The Hall–Kier alpha value is -1.26. The number of nitrogens with zero attached hydrogens (tertiary/aromatic N) is 1. The van der Waals surface area contributed by atoms with Crippen molar-refractivity contribution in [3.63, 3.8) is 0 Å². The van der Waals surface area contributed by atoms with Crippen molar-refractivity contribution < 1.29 is 14.3 Å². The largest absolute Gasteiger partial charge is 0.444 e. The summed E-state index contributed by atoms with van der Waals surface area (Å²) in [5.74, 6) is 1.57. The third kappa shape index (κ3) is 3.72. The highest BCUT2D eigenvalue weighted by molar-refractivity contribution is 5.68. The fourth-order valence-corrected chi connectivity index (χ4v) is 1.87. The average Bonchev–Trinajstić information content (AvgIpc) is 2.72. The quantitative estimate of drug-likeness (QED) is 0.628. The van der Waals surface area contributed by atoms with Gasteiger partial charge < -0.3 is 15.4 Å². The molecule has 0 spiro atoms. The van der Waals surface area contributed by atoms with Crippen LogP contribution < -0.4 is 5.73 Å². The minimum absolute atomic E-state index is 0.139. The lowest BCUT2D eigenvalue weighted by Crippen LogP contribution is -2.36. The van der Waals surface area contributed by atoms with Gasteiger partial charge in [0.15, 0.2) is 0 Å². The normalized spacial score (nSPS) is 26.3. The van der Waals surface area contributed by atoms with E-state index in [0.29, 0.717) is 0 Å². The van der Waals surface area contributed by atoms with Gasteiger partial charge in [0.2, 0.25) is 6.41 Å². The zero-order valence-corrected chi connectivity index (χ0v) is 10.1. The second-order valence-corrected chi connectivity index (χ2v) is 5.28. The lowest BCUT2D eigenvalue weighted by molar-refractivity contribution is -0.106. The van der Waals surface area contributed by atoms with Gasteiger partial charge in [-0.1, -0.05) is 0 Å². The van der Waals surface area contributed by atoms with E-state index in [1.54, 1.807) is 0 Å². The molecule has 2 aliphatic rings. The summed E-state index contributed by atoms with van der Waals surface area (Å²) in [6, 6.07) is 0. The standard InChI is InChI=1S/C10H17NO2.CH3NO/c1-10(2,3)13-9(12)11-5-7-4-8(7)6-11;2-1-3/h7-8H,4-6H2,1-3H3;1H,(H2,2,3). The molecule has 1 heterocycles. The first-order valence-electron chi connectivity index (χ1n) is 5.50. The van der Waals surface area contributed by atoms with Crippen LogP contribution in [0.15, 0.2) is 0 Å². The molecule has 16 heavy (non-hydrogen) atoms. The summed E-state index contributed by atoms with van der Waals surface area (Å²) in [6.45, 7) is 7.55. The molecule has 92 valence electrons. The number of primary amides is 1. The number of amides is 2. The predicted octanol–water partition coefficient (Wildman–Crippen LogP) is 0.975. The number of carbonyl (C=O) groups is 2. The van der Waals surface area contributed by atoms with Crippen molar-refractivity contribution in [2.75, 3.05) is 13.1 Å². The van der Waals surface area contributed by atoms with Crippen molar-refractivity contribution in [3.8, 4) is 0 Å². The van der Waals surface area contributed by atoms with Gasteiger partial charge >= 0.3 is 6.09 Å². The Bertz CT molecular complexity index is 263. The number of carbonyl (C=O) groups excluding carboxylic acids is 2. The van der Waals surface area contributed by atoms with Crippen molar-refractivity contribution in [1.29, 1.82) is 0 Å². The van der Waals surface area contributed by atoms with Crippen LogP contribution in [-0.4, -0.2) is 36.1 Å². The molecule has 2 fully saturated rings. The van der Waals surface area contributed by atoms with Gasteiger partial charge in [0.05, 0.1) is 0 Å². The lowest BCUT2D eigenvalue weighted by atomic mass is 10.2. The minimum atomic E-state index is -0.357. The van der Waals surface area contributed by atoms with E-state index >= 15 is 0 Å². The van der Waals surface area contributed by atoms with Gasteiger partial charge in [-0.2, -0.15) is 0 Å².